The second-order valence-electron chi connectivity index (χ2n) is 10.8. The van der Waals surface area contributed by atoms with E-state index in [1.54, 1.807) is 54.8 Å². The summed E-state index contributed by atoms with van der Waals surface area (Å²) >= 11 is 0. The van der Waals surface area contributed by atoms with Gasteiger partial charge < -0.3 is 14.8 Å². The molecule has 3 aromatic heterocycles. The number of halogens is 3. The van der Waals surface area contributed by atoms with Crippen LogP contribution in [0.25, 0.3) is 22.0 Å². The Labute approximate surface area is 251 Å². The normalized spacial score (nSPS) is 13.4. The topological polar surface area (TPSA) is 97.9 Å². The van der Waals surface area contributed by atoms with Crippen LogP contribution in [0.4, 0.5) is 18.9 Å². The van der Waals surface area contributed by atoms with Crippen LogP contribution < -0.4 is 10.2 Å². The maximum Gasteiger partial charge on any atom is 0.435 e. The summed E-state index contributed by atoms with van der Waals surface area (Å²) in [7, 11) is 3.00. The van der Waals surface area contributed by atoms with Gasteiger partial charge in [0.2, 0.25) is 0 Å². The number of nitrogens with one attached hydrogen (secondary N) is 1. The number of rotatable bonds is 6. The van der Waals surface area contributed by atoms with Crippen molar-refractivity contribution in [2.75, 3.05) is 18.5 Å². The van der Waals surface area contributed by atoms with E-state index in [1.807, 2.05) is 24.5 Å². The first-order valence-corrected chi connectivity index (χ1v) is 14.2. The summed E-state index contributed by atoms with van der Waals surface area (Å²) in [5.41, 5.74) is 3.14. The van der Waals surface area contributed by atoms with Crippen LogP contribution in [0.2, 0.25) is 0 Å². The first kappa shape index (κ1) is 29.1. The Hall–Kier alpha value is -5.00. The van der Waals surface area contributed by atoms with Crippen LogP contribution in [-0.4, -0.2) is 49.7 Å². The second kappa shape index (κ2) is 10.9. The highest BCUT2D eigenvalue weighted by Crippen LogP contribution is 2.41. The van der Waals surface area contributed by atoms with Gasteiger partial charge in [0.1, 0.15) is 5.82 Å². The molecular weight excluding hydrogens is 571 g/mol. The van der Waals surface area contributed by atoms with Gasteiger partial charge in [-0.1, -0.05) is 6.92 Å². The predicted octanol–water partition coefficient (Wildman–Crippen LogP) is 5.33. The lowest BCUT2D eigenvalue weighted by Gasteiger charge is -2.31. The summed E-state index contributed by atoms with van der Waals surface area (Å²) in [6, 6.07) is 8.95. The summed E-state index contributed by atoms with van der Waals surface area (Å²) in [6.07, 6.45) is 2.64. The number of alkyl halides is 3. The number of carbonyl (C=O) groups excluding carboxylic acids is 2. The van der Waals surface area contributed by atoms with Crippen LogP contribution in [0.3, 0.4) is 0 Å². The molecule has 0 bridgehead atoms. The van der Waals surface area contributed by atoms with E-state index >= 15 is 0 Å². The zero-order valence-electron chi connectivity index (χ0n) is 24.7. The number of fused-ring (bicyclic) bond motifs is 2. The molecule has 1 N–H and O–H groups in total. The van der Waals surface area contributed by atoms with Gasteiger partial charge in [-0.15, -0.1) is 0 Å². The van der Waals surface area contributed by atoms with Gasteiger partial charge in [-0.25, -0.2) is 4.98 Å². The van der Waals surface area contributed by atoms with E-state index in [0.717, 1.165) is 16.1 Å². The van der Waals surface area contributed by atoms with E-state index in [-0.39, 0.29) is 23.9 Å². The fraction of sp³-hybridized carbons (Fsp3) is 0.281. The van der Waals surface area contributed by atoms with Crippen molar-refractivity contribution in [1.82, 2.24) is 29.6 Å². The third-order valence-corrected chi connectivity index (χ3v) is 8.09. The van der Waals surface area contributed by atoms with Crippen molar-refractivity contribution in [1.29, 1.82) is 0 Å². The van der Waals surface area contributed by atoms with E-state index < -0.39 is 11.9 Å². The van der Waals surface area contributed by atoms with Crippen molar-refractivity contribution in [2.45, 2.75) is 39.4 Å². The Morgan fingerprint density at radius 2 is 1.82 bits per heavy atom. The van der Waals surface area contributed by atoms with Gasteiger partial charge in [0.25, 0.3) is 11.8 Å². The number of nitrogens with zero attached hydrogens (tertiary/aromatic N) is 6. The molecule has 9 nitrogen and oxygen atoms in total. The molecule has 0 spiro atoms. The second-order valence-corrected chi connectivity index (χ2v) is 10.8. The van der Waals surface area contributed by atoms with Crippen molar-refractivity contribution in [3.05, 3.63) is 94.5 Å². The number of hydrogen-bond donors (Lipinski definition) is 1. The van der Waals surface area contributed by atoms with Gasteiger partial charge in [-0.2, -0.15) is 18.3 Å². The molecule has 0 saturated heterocycles. The van der Waals surface area contributed by atoms with Gasteiger partial charge in [0, 0.05) is 68.5 Å². The van der Waals surface area contributed by atoms with Crippen molar-refractivity contribution < 1.29 is 22.8 Å². The molecule has 0 unspecified atom stereocenters. The van der Waals surface area contributed by atoms with Gasteiger partial charge >= 0.3 is 6.18 Å². The first-order valence-electron chi connectivity index (χ1n) is 14.2. The molecule has 6 rings (SSSR count). The highest BCUT2D eigenvalue weighted by molar-refractivity contribution is 6.15. The SMILES string of the molecule is CCc1cc(C(=O)NC)c2nccc(N3CCc4c(cc(Cn5ccnc5C)cc4-c4cn(C)nc4C(F)(F)F)C3=O)c2c1. The molecule has 44 heavy (non-hydrogen) atoms. The van der Waals surface area contributed by atoms with Crippen molar-refractivity contribution in [2.24, 2.45) is 7.05 Å². The lowest BCUT2D eigenvalue weighted by Crippen LogP contribution is -2.38. The molecule has 0 radical (unpaired) electrons. The molecule has 2 amide bonds. The molecule has 0 fully saturated rings. The predicted molar refractivity (Wildman–Crippen MR) is 160 cm³/mol. The van der Waals surface area contributed by atoms with E-state index in [0.29, 0.717) is 63.8 Å². The molecule has 0 saturated carbocycles. The highest BCUT2D eigenvalue weighted by Gasteiger charge is 2.39. The number of imidazole rings is 1. The summed E-state index contributed by atoms with van der Waals surface area (Å²) in [6.45, 7) is 4.35. The molecule has 5 aromatic rings. The lowest BCUT2D eigenvalue weighted by atomic mass is 9.87. The molecule has 4 heterocycles. The summed E-state index contributed by atoms with van der Waals surface area (Å²) in [5, 5.41) is 7.04. The van der Waals surface area contributed by atoms with Gasteiger partial charge in [-0.3, -0.25) is 19.3 Å². The molecule has 2 aromatic carbocycles. The molecule has 1 aliphatic heterocycles. The number of aromatic nitrogens is 5. The van der Waals surface area contributed by atoms with E-state index in [1.165, 1.54) is 13.2 Å². The number of hydrogen-bond acceptors (Lipinski definition) is 5. The molecular formula is C32H30F3N7O2. The minimum Gasteiger partial charge on any atom is -0.355 e. The monoisotopic (exact) mass is 601 g/mol. The van der Waals surface area contributed by atoms with Crippen LogP contribution >= 0.6 is 0 Å². The van der Waals surface area contributed by atoms with Crippen LogP contribution in [0, 0.1) is 6.92 Å². The smallest absolute Gasteiger partial charge is 0.355 e. The average molecular weight is 602 g/mol. The maximum atomic E-state index is 14.3. The van der Waals surface area contributed by atoms with Gasteiger partial charge in [0.15, 0.2) is 5.69 Å². The number of carbonyl (C=O) groups is 2. The molecule has 0 aliphatic carbocycles. The first-order chi connectivity index (χ1) is 21.0. The fourth-order valence-corrected chi connectivity index (χ4v) is 5.93. The van der Waals surface area contributed by atoms with Crippen molar-refractivity contribution in [3.63, 3.8) is 0 Å². The molecule has 226 valence electrons. The Balaban J connectivity index is 1.53. The molecule has 0 atom stereocenters. The highest BCUT2D eigenvalue weighted by atomic mass is 19.4. The van der Waals surface area contributed by atoms with Crippen LogP contribution in [0.1, 0.15) is 55.8 Å². The number of anilines is 1. The third kappa shape index (κ3) is 4.99. The fourth-order valence-electron chi connectivity index (χ4n) is 5.93. The van der Waals surface area contributed by atoms with Crippen molar-refractivity contribution >= 4 is 28.4 Å². The quantitative estimate of drug-likeness (QED) is 0.284. The standard InChI is InChI=1S/C32H30F3N7O2/c1-5-19-12-24-27(6-8-38-28(24)25(13-19)30(43)36-3)42-10-7-21-22(26-17-40(4)39-29(26)32(33,34)35)14-20(15-23(21)31(42)44)16-41-11-9-37-18(41)2/h6,8-9,11-15,17H,5,7,10,16H2,1-4H3,(H,36,43). The minimum absolute atomic E-state index is 0.0705. The third-order valence-electron chi connectivity index (χ3n) is 8.09. The summed E-state index contributed by atoms with van der Waals surface area (Å²) < 4.78 is 45.4. The van der Waals surface area contributed by atoms with Crippen LogP contribution in [-0.2, 0) is 32.6 Å². The minimum atomic E-state index is -4.68. The van der Waals surface area contributed by atoms with Crippen molar-refractivity contribution in [3.8, 4) is 11.1 Å². The Kier molecular flexibility index (Phi) is 7.22. The van der Waals surface area contributed by atoms with Crippen LogP contribution in [0.5, 0.6) is 0 Å². The largest absolute Gasteiger partial charge is 0.435 e. The Bertz CT molecular complexity index is 1940. The summed E-state index contributed by atoms with van der Waals surface area (Å²) in [5.74, 6) is 0.104. The van der Waals surface area contributed by atoms with E-state index in [2.05, 4.69) is 20.4 Å². The van der Waals surface area contributed by atoms with E-state index in [9.17, 15) is 22.8 Å². The number of amides is 2. The number of aryl methyl sites for hydroxylation is 3. The Morgan fingerprint density at radius 1 is 1.05 bits per heavy atom. The lowest BCUT2D eigenvalue weighted by molar-refractivity contribution is -0.141. The van der Waals surface area contributed by atoms with Gasteiger partial charge in [-0.05, 0) is 72.4 Å². The van der Waals surface area contributed by atoms with Crippen LogP contribution in [0.15, 0.2) is 55.1 Å². The Morgan fingerprint density at radius 3 is 2.50 bits per heavy atom. The molecule has 1 aliphatic rings. The maximum absolute atomic E-state index is 14.3. The number of benzene rings is 2. The molecule has 12 heteroatoms. The van der Waals surface area contributed by atoms with E-state index in [4.69, 9.17) is 0 Å². The average Bonchev–Trinajstić information content (AvgIpc) is 3.60. The number of pyridine rings is 1. The zero-order chi connectivity index (χ0) is 31.3. The zero-order valence-corrected chi connectivity index (χ0v) is 24.7. The van der Waals surface area contributed by atoms with Gasteiger partial charge in [0.05, 0.1) is 16.8 Å². The summed E-state index contributed by atoms with van der Waals surface area (Å²) in [4.78, 5) is 37.5.